The zero-order chi connectivity index (χ0) is 10.7. The third-order valence-corrected chi connectivity index (χ3v) is 2.66. The van der Waals surface area contributed by atoms with E-state index in [1.54, 1.807) is 6.08 Å². The third kappa shape index (κ3) is 1.86. The van der Waals surface area contributed by atoms with Crippen molar-refractivity contribution in [3.8, 4) is 0 Å². The van der Waals surface area contributed by atoms with Gasteiger partial charge < -0.3 is 4.90 Å². The molecule has 0 saturated heterocycles. The number of likely N-dealkylation sites (N-methyl/N-ethyl adjacent to an activating group) is 1. The lowest BCUT2D eigenvalue weighted by atomic mass is 9.98. The first-order chi connectivity index (χ1) is 7.33. The highest BCUT2D eigenvalue weighted by atomic mass is 15.1. The Balaban J connectivity index is 2.40. The lowest BCUT2D eigenvalue weighted by Gasteiger charge is -2.27. The van der Waals surface area contributed by atoms with E-state index >= 15 is 0 Å². The number of allylic oxidation sites excluding steroid dienone is 2. The first kappa shape index (κ1) is 9.78. The first-order valence-electron chi connectivity index (χ1n) is 5.03. The van der Waals surface area contributed by atoms with E-state index in [9.17, 15) is 0 Å². The standard InChI is InChI=1S/C14H14N/c1-3-12-8-4-5-9-13(12)14-10-6-7-11-15(14)2/h1,3-11,14H,2H3. The van der Waals surface area contributed by atoms with Crippen LogP contribution in [0.2, 0.25) is 0 Å². The largest absolute Gasteiger partial charge is 0.370 e. The van der Waals surface area contributed by atoms with Gasteiger partial charge in [0.1, 0.15) is 0 Å². The topological polar surface area (TPSA) is 3.24 Å². The molecule has 0 bridgehead atoms. The molecular formula is C14H14N. The average Bonchev–Trinajstić information content (AvgIpc) is 2.30. The van der Waals surface area contributed by atoms with E-state index in [0.717, 1.165) is 5.56 Å². The van der Waals surface area contributed by atoms with Gasteiger partial charge in [0.05, 0.1) is 6.04 Å². The fourth-order valence-electron chi connectivity index (χ4n) is 1.84. The van der Waals surface area contributed by atoms with Gasteiger partial charge in [-0.3, -0.25) is 0 Å². The molecule has 0 N–H and O–H groups in total. The van der Waals surface area contributed by atoms with Gasteiger partial charge in [-0.2, -0.15) is 0 Å². The molecule has 1 aromatic carbocycles. The predicted molar refractivity (Wildman–Crippen MR) is 64.0 cm³/mol. The molecule has 15 heavy (non-hydrogen) atoms. The number of hydrogen-bond donors (Lipinski definition) is 0. The van der Waals surface area contributed by atoms with Crippen LogP contribution >= 0.6 is 0 Å². The van der Waals surface area contributed by atoms with Crippen LogP contribution in [0.1, 0.15) is 17.2 Å². The number of nitrogens with zero attached hydrogens (tertiary/aromatic N) is 1. The molecule has 0 fully saturated rings. The lowest BCUT2D eigenvalue weighted by Crippen LogP contribution is -2.19. The summed E-state index contributed by atoms with van der Waals surface area (Å²) in [6.07, 6.45) is 10.00. The fourth-order valence-corrected chi connectivity index (χ4v) is 1.84. The van der Waals surface area contributed by atoms with Gasteiger partial charge >= 0.3 is 0 Å². The molecule has 0 aliphatic carbocycles. The molecule has 1 heteroatoms. The second kappa shape index (κ2) is 4.18. The second-order valence-electron chi connectivity index (χ2n) is 3.63. The molecule has 1 atom stereocenters. The van der Waals surface area contributed by atoms with Gasteiger partial charge in [-0.25, -0.2) is 0 Å². The Labute approximate surface area is 91.0 Å². The molecule has 0 aromatic heterocycles. The number of hydrogen-bond acceptors (Lipinski definition) is 1. The van der Waals surface area contributed by atoms with Crippen LogP contribution in [0, 0.1) is 6.58 Å². The minimum atomic E-state index is 0.283. The average molecular weight is 196 g/mol. The fraction of sp³-hybridized carbons (Fsp3) is 0.143. The summed E-state index contributed by atoms with van der Waals surface area (Å²) in [4.78, 5) is 2.17. The van der Waals surface area contributed by atoms with Crippen LogP contribution in [0.4, 0.5) is 0 Å². The van der Waals surface area contributed by atoms with E-state index in [4.69, 9.17) is 6.58 Å². The van der Waals surface area contributed by atoms with Gasteiger partial charge in [0.25, 0.3) is 0 Å². The van der Waals surface area contributed by atoms with Gasteiger partial charge in [-0.05, 0) is 23.4 Å². The monoisotopic (exact) mass is 196 g/mol. The highest BCUT2D eigenvalue weighted by Gasteiger charge is 2.14. The summed E-state index contributed by atoms with van der Waals surface area (Å²) in [7, 11) is 2.07. The van der Waals surface area contributed by atoms with Crippen molar-refractivity contribution in [2.24, 2.45) is 0 Å². The summed E-state index contributed by atoms with van der Waals surface area (Å²) in [5.41, 5.74) is 2.33. The summed E-state index contributed by atoms with van der Waals surface area (Å²) < 4.78 is 0. The number of rotatable bonds is 2. The Hall–Kier alpha value is -1.76. The van der Waals surface area contributed by atoms with Gasteiger partial charge in [0.15, 0.2) is 0 Å². The Morgan fingerprint density at radius 2 is 2.07 bits per heavy atom. The normalized spacial score (nSPS) is 19.3. The van der Waals surface area contributed by atoms with Crippen LogP contribution in [0.5, 0.6) is 0 Å². The first-order valence-corrected chi connectivity index (χ1v) is 5.03. The molecular weight excluding hydrogens is 182 g/mol. The highest BCUT2D eigenvalue weighted by Crippen LogP contribution is 2.27. The summed E-state index contributed by atoms with van der Waals surface area (Å²) in [5, 5.41) is 0. The quantitative estimate of drug-likeness (QED) is 0.702. The zero-order valence-electron chi connectivity index (χ0n) is 8.80. The molecule has 1 unspecified atom stereocenters. The SMILES string of the molecule is [CH]=Cc1ccccc1C1C=CC=CN1C. The van der Waals surface area contributed by atoms with Crippen LogP contribution in [0.25, 0.3) is 6.08 Å². The predicted octanol–water partition coefficient (Wildman–Crippen LogP) is 3.19. The Morgan fingerprint density at radius 3 is 2.80 bits per heavy atom. The van der Waals surface area contributed by atoms with Crippen molar-refractivity contribution >= 4 is 6.08 Å². The summed E-state index contributed by atoms with van der Waals surface area (Å²) in [6.45, 7) is 5.62. The van der Waals surface area contributed by atoms with Gasteiger partial charge in [-0.1, -0.05) is 49.1 Å². The van der Waals surface area contributed by atoms with Crippen LogP contribution in [-0.4, -0.2) is 11.9 Å². The van der Waals surface area contributed by atoms with E-state index < -0.39 is 0 Å². The Morgan fingerprint density at radius 1 is 1.27 bits per heavy atom. The molecule has 2 rings (SSSR count). The van der Waals surface area contributed by atoms with E-state index in [1.165, 1.54) is 5.56 Å². The van der Waals surface area contributed by atoms with Crippen molar-refractivity contribution in [1.82, 2.24) is 4.90 Å². The van der Waals surface area contributed by atoms with E-state index in [-0.39, 0.29) is 6.04 Å². The van der Waals surface area contributed by atoms with Crippen LogP contribution < -0.4 is 0 Å². The highest BCUT2D eigenvalue weighted by molar-refractivity contribution is 5.53. The molecule has 0 saturated carbocycles. The molecule has 1 aliphatic rings. The van der Waals surface area contributed by atoms with Crippen molar-refractivity contribution in [3.63, 3.8) is 0 Å². The van der Waals surface area contributed by atoms with Gasteiger partial charge in [0, 0.05) is 7.05 Å². The van der Waals surface area contributed by atoms with Crippen LogP contribution in [0.3, 0.4) is 0 Å². The molecule has 0 amide bonds. The van der Waals surface area contributed by atoms with E-state index in [1.807, 2.05) is 24.3 Å². The third-order valence-electron chi connectivity index (χ3n) is 2.66. The number of benzene rings is 1. The van der Waals surface area contributed by atoms with Gasteiger partial charge in [0.2, 0.25) is 0 Å². The second-order valence-corrected chi connectivity index (χ2v) is 3.63. The molecule has 75 valence electrons. The molecule has 0 spiro atoms. The van der Waals surface area contributed by atoms with Crippen molar-refractivity contribution < 1.29 is 0 Å². The lowest BCUT2D eigenvalue weighted by molar-refractivity contribution is 0.389. The summed E-state index contributed by atoms with van der Waals surface area (Å²) in [6, 6.07) is 8.48. The van der Waals surface area contributed by atoms with Crippen molar-refractivity contribution in [2.75, 3.05) is 7.05 Å². The van der Waals surface area contributed by atoms with E-state index in [0.29, 0.717) is 0 Å². The van der Waals surface area contributed by atoms with Crippen molar-refractivity contribution in [1.29, 1.82) is 0 Å². The zero-order valence-corrected chi connectivity index (χ0v) is 8.80. The maximum absolute atomic E-state index is 5.62. The van der Waals surface area contributed by atoms with Crippen LogP contribution in [0.15, 0.2) is 48.7 Å². The molecule has 1 nitrogen and oxygen atoms in total. The minimum Gasteiger partial charge on any atom is -0.370 e. The van der Waals surface area contributed by atoms with Gasteiger partial charge in [-0.15, -0.1) is 0 Å². The minimum absolute atomic E-state index is 0.283. The molecule has 1 aromatic rings. The summed E-state index contributed by atoms with van der Waals surface area (Å²) in [5.74, 6) is 0. The molecule has 1 aliphatic heterocycles. The summed E-state index contributed by atoms with van der Waals surface area (Å²) >= 11 is 0. The Bertz CT molecular complexity index is 415. The Kier molecular flexibility index (Phi) is 2.72. The smallest absolute Gasteiger partial charge is 0.0726 e. The van der Waals surface area contributed by atoms with E-state index in [2.05, 4.69) is 36.4 Å². The maximum atomic E-state index is 5.62. The van der Waals surface area contributed by atoms with Crippen LogP contribution in [-0.2, 0) is 0 Å². The molecule has 1 heterocycles. The van der Waals surface area contributed by atoms with Crippen molar-refractivity contribution in [3.05, 3.63) is 66.4 Å². The van der Waals surface area contributed by atoms with Crippen molar-refractivity contribution in [2.45, 2.75) is 6.04 Å². The molecule has 1 radical (unpaired) electrons. The maximum Gasteiger partial charge on any atom is 0.0726 e.